The number of rotatable bonds is 2. The molecule has 0 unspecified atom stereocenters. The molecule has 2 heteroatoms. The van der Waals surface area contributed by atoms with Crippen LogP contribution in [0, 0.1) is 0 Å². The Hall–Kier alpha value is 0.0600. The van der Waals surface area contributed by atoms with Crippen molar-refractivity contribution in [1.29, 1.82) is 0 Å². The van der Waals surface area contributed by atoms with E-state index in [0.29, 0.717) is 0 Å². The normalized spacial score (nSPS) is 15.1. The highest BCUT2D eigenvalue weighted by Gasteiger charge is 1.93. The van der Waals surface area contributed by atoms with Crippen LogP contribution in [0.25, 0.3) is 0 Å². The first-order chi connectivity index (χ1) is 4.57. The van der Waals surface area contributed by atoms with Gasteiger partial charge in [-0.05, 0) is 31.9 Å². The van der Waals surface area contributed by atoms with Gasteiger partial charge >= 0.3 is 0 Å². The van der Waals surface area contributed by atoms with Gasteiger partial charge in [0.15, 0.2) is 0 Å². The molecule has 0 N–H and O–H groups in total. The molecule has 0 aromatic carbocycles. The van der Waals surface area contributed by atoms with E-state index in [2.05, 4.69) is 6.92 Å². The minimum absolute atomic E-state index is 0.775. The van der Waals surface area contributed by atoms with E-state index in [0.717, 1.165) is 22.1 Å². The number of hydrogen-bond donors (Lipinski definition) is 0. The van der Waals surface area contributed by atoms with Crippen LogP contribution in [0.4, 0.5) is 0 Å². The Morgan fingerprint density at radius 3 is 1.90 bits per heavy atom. The van der Waals surface area contributed by atoms with Gasteiger partial charge in [0.2, 0.25) is 0 Å². The van der Waals surface area contributed by atoms with Crippen LogP contribution in [0.5, 0.6) is 0 Å². The predicted octanol–water partition coefficient (Wildman–Crippen LogP) is 4.05. The highest BCUT2D eigenvalue weighted by molar-refractivity contribution is 6.31. The van der Waals surface area contributed by atoms with Crippen molar-refractivity contribution in [3.63, 3.8) is 0 Å². The summed E-state index contributed by atoms with van der Waals surface area (Å²) in [6.45, 7) is 5.77. The monoisotopic (exact) mass is 178 g/mol. The average molecular weight is 179 g/mol. The first kappa shape index (κ1) is 10.1. The zero-order chi connectivity index (χ0) is 8.15. The van der Waals surface area contributed by atoms with Crippen molar-refractivity contribution in [3.05, 3.63) is 21.7 Å². The number of hydrogen-bond acceptors (Lipinski definition) is 0. The Balaban J connectivity index is 4.40. The molecule has 0 aliphatic rings. The van der Waals surface area contributed by atoms with Crippen molar-refractivity contribution in [3.8, 4) is 0 Å². The van der Waals surface area contributed by atoms with Gasteiger partial charge in [-0.3, -0.25) is 0 Å². The predicted molar refractivity (Wildman–Crippen MR) is 48.5 cm³/mol. The van der Waals surface area contributed by atoms with Crippen molar-refractivity contribution in [2.45, 2.75) is 27.2 Å². The van der Waals surface area contributed by atoms with Crippen LogP contribution in [-0.2, 0) is 0 Å². The lowest BCUT2D eigenvalue weighted by atomic mass is 10.2. The Morgan fingerprint density at radius 1 is 1.30 bits per heavy atom. The zero-order valence-corrected chi connectivity index (χ0v) is 8.05. The SMILES string of the molecule is CCC(/C=C(\C)Cl)=C(/C)Cl. The van der Waals surface area contributed by atoms with Gasteiger partial charge in [0.05, 0.1) is 0 Å². The minimum atomic E-state index is 0.775. The Bertz CT molecular complexity index is 158. The second-order valence-electron chi connectivity index (χ2n) is 2.14. The van der Waals surface area contributed by atoms with Crippen LogP contribution in [0.15, 0.2) is 21.7 Å². The Morgan fingerprint density at radius 2 is 1.80 bits per heavy atom. The smallest absolute Gasteiger partial charge is 0.0182 e. The lowest BCUT2D eigenvalue weighted by molar-refractivity contribution is 1.13. The molecule has 0 atom stereocenters. The maximum Gasteiger partial charge on any atom is 0.0182 e. The molecule has 0 aromatic rings. The quantitative estimate of drug-likeness (QED) is 0.561. The Labute approximate surface area is 72.5 Å². The molecule has 10 heavy (non-hydrogen) atoms. The number of allylic oxidation sites excluding steroid dienone is 4. The highest BCUT2D eigenvalue weighted by Crippen LogP contribution is 2.16. The first-order valence-electron chi connectivity index (χ1n) is 3.27. The molecule has 0 radical (unpaired) electrons. The average Bonchev–Trinajstić information content (AvgIpc) is 1.81. The second-order valence-corrected chi connectivity index (χ2v) is 3.31. The summed E-state index contributed by atoms with van der Waals surface area (Å²) >= 11 is 11.4. The molecule has 0 spiro atoms. The van der Waals surface area contributed by atoms with Gasteiger partial charge in [-0.2, -0.15) is 0 Å². The third-order valence-electron chi connectivity index (χ3n) is 1.20. The van der Waals surface area contributed by atoms with Crippen LogP contribution in [-0.4, -0.2) is 0 Å². The standard InChI is InChI=1S/C8H12Cl2/c1-4-8(7(3)10)5-6(2)9/h5H,4H2,1-3H3/b6-5+,8-7+. The van der Waals surface area contributed by atoms with Gasteiger partial charge in [-0.1, -0.05) is 30.1 Å². The summed E-state index contributed by atoms with van der Waals surface area (Å²) in [6.07, 6.45) is 2.82. The topological polar surface area (TPSA) is 0 Å². The van der Waals surface area contributed by atoms with Crippen molar-refractivity contribution in [1.82, 2.24) is 0 Å². The van der Waals surface area contributed by atoms with Crippen molar-refractivity contribution < 1.29 is 0 Å². The molecule has 0 nitrogen and oxygen atoms in total. The summed E-state index contributed by atoms with van der Waals surface area (Å²) in [6, 6.07) is 0. The van der Waals surface area contributed by atoms with Crippen LogP contribution < -0.4 is 0 Å². The molecule has 0 aliphatic carbocycles. The third kappa shape index (κ3) is 3.97. The molecule has 0 amide bonds. The Kier molecular flexibility index (Phi) is 4.84. The molecule has 0 heterocycles. The van der Waals surface area contributed by atoms with Crippen molar-refractivity contribution in [2.24, 2.45) is 0 Å². The van der Waals surface area contributed by atoms with E-state index in [1.807, 2.05) is 19.9 Å². The summed E-state index contributed by atoms with van der Waals surface area (Å²) < 4.78 is 0. The van der Waals surface area contributed by atoms with E-state index < -0.39 is 0 Å². The zero-order valence-electron chi connectivity index (χ0n) is 6.54. The summed E-state index contributed by atoms with van der Waals surface area (Å²) in [5.74, 6) is 0. The summed E-state index contributed by atoms with van der Waals surface area (Å²) in [7, 11) is 0. The highest BCUT2D eigenvalue weighted by atomic mass is 35.5. The van der Waals surface area contributed by atoms with Gasteiger partial charge in [0.1, 0.15) is 0 Å². The van der Waals surface area contributed by atoms with Gasteiger partial charge in [-0.15, -0.1) is 0 Å². The maximum atomic E-state index is 5.76. The van der Waals surface area contributed by atoms with Gasteiger partial charge < -0.3 is 0 Å². The van der Waals surface area contributed by atoms with E-state index in [4.69, 9.17) is 23.2 Å². The molecular formula is C8H12Cl2. The van der Waals surface area contributed by atoms with Crippen LogP contribution in [0.3, 0.4) is 0 Å². The molecule has 0 fully saturated rings. The van der Waals surface area contributed by atoms with Gasteiger partial charge in [-0.25, -0.2) is 0 Å². The van der Waals surface area contributed by atoms with Gasteiger partial charge in [0, 0.05) is 10.1 Å². The number of halogens is 2. The molecular weight excluding hydrogens is 167 g/mol. The fraction of sp³-hybridized carbons (Fsp3) is 0.500. The second kappa shape index (κ2) is 4.81. The van der Waals surface area contributed by atoms with E-state index in [1.54, 1.807) is 0 Å². The van der Waals surface area contributed by atoms with E-state index in [1.165, 1.54) is 0 Å². The van der Waals surface area contributed by atoms with Crippen LogP contribution >= 0.6 is 23.2 Å². The summed E-state index contributed by atoms with van der Waals surface area (Å²) in [5, 5.41) is 1.60. The van der Waals surface area contributed by atoms with E-state index >= 15 is 0 Å². The molecule has 0 aromatic heterocycles. The summed E-state index contributed by atoms with van der Waals surface area (Å²) in [4.78, 5) is 0. The van der Waals surface area contributed by atoms with Gasteiger partial charge in [0.25, 0.3) is 0 Å². The fourth-order valence-electron chi connectivity index (χ4n) is 0.685. The van der Waals surface area contributed by atoms with Crippen LogP contribution in [0.2, 0.25) is 0 Å². The minimum Gasteiger partial charge on any atom is -0.0895 e. The fourth-order valence-corrected chi connectivity index (χ4v) is 1.01. The third-order valence-corrected chi connectivity index (χ3v) is 1.55. The summed E-state index contributed by atoms with van der Waals surface area (Å²) in [5.41, 5.74) is 1.11. The molecule has 0 saturated heterocycles. The lowest BCUT2D eigenvalue weighted by Crippen LogP contribution is -1.77. The first-order valence-corrected chi connectivity index (χ1v) is 4.02. The molecule has 0 saturated carbocycles. The van der Waals surface area contributed by atoms with Crippen molar-refractivity contribution in [2.75, 3.05) is 0 Å². The molecule has 0 bridgehead atoms. The largest absolute Gasteiger partial charge is 0.0895 e. The van der Waals surface area contributed by atoms with E-state index in [9.17, 15) is 0 Å². The van der Waals surface area contributed by atoms with Crippen LogP contribution in [0.1, 0.15) is 27.2 Å². The maximum absolute atomic E-state index is 5.76. The molecule has 0 aliphatic heterocycles. The van der Waals surface area contributed by atoms with Crippen molar-refractivity contribution >= 4 is 23.2 Å². The van der Waals surface area contributed by atoms with E-state index in [-0.39, 0.29) is 0 Å². The lowest BCUT2D eigenvalue weighted by Gasteiger charge is -1.97. The molecule has 0 rings (SSSR count). The molecule has 58 valence electrons.